The molecule has 2 aromatic rings. The molecule has 1 aromatic heterocycles. The van der Waals surface area contributed by atoms with Crippen molar-refractivity contribution < 1.29 is 4.52 Å². The fourth-order valence-corrected chi connectivity index (χ4v) is 2.17. The first kappa shape index (κ1) is 14.2. The van der Waals surface area contributed by atoms with Crippen molar-refractivity contribution in [2.75, 3.05) is 0 Å². The Kier molecular flexibility index (Phi) is 4.37. The molecule has 0 aliphatic heterocycles. The van der Waals surface area contributed by atoms with Gasteiger partial charge < -0.3 is 10.3 Å². The zero-order valence-electron chi connectivity index (χ0n) is 11.2. The molecule has 1 atom stereocenters. The lowest BCUT2D eigenvalue weighted by Gasteiger charge is -2.20. The van der Waals surface area contributed by atoms with Gasteiger partial charge in [0.1, 0.15) is 0 Å². The smallest absolute Gasteiger partial charge is 0.226 e. The normalized spacial score (nSPS) is 14.3. The Morgan fingerprint density at radius 1 is 1.32 bits per heavy atom. The van der Waals surface area contributed by atoms with Gasteiger partial charge in [0.25, 0.3) is 0 Å². The molecule has 2 rings (SSSR count). The molecule has 0 bridgehead atoms. The van der Waals surface area contributed by atoms with Crippen LogP contribution in [0.3, 0.4) is 0 Å². The zero-order valence-corrected chi connectivity index (χ0v) is 12.8. The third-order valence-corrected chi connectivity index (χ3v) is 3.46. The molecule has 0 fully saturated rings. The highest BCUT2D eigenvalue weighted by molar-refractivity contribution is 9.10. The first-order valence-corrected chi connectivity index (χ1v) is 7.17. The average Bonchev–Trinajstić information content (AvgIpc) is 2.82. The molecule has 5 heteroatoms. The molecule has 0 aliphatic rings. The summed E-state index contributed by atoms with van der Waals surface area (Å²) >= 11 is 3.42. The number of rotatable bonds is 5. The van der Waals surface area contributed by atoms with Crippen LogP contribution in [0.25, 0.3) is 0 Å². The molecule has 0 spiro atoms. The van der Waals surface area contributed by atoms with Crippen molar-refractivity contribution in [1.82, 2.24) is 10.1 Å². The van der Waals surface area contributed by atoms with Crippen LogP contribution in [0.1, 0.15) is 37.5 Å². The number of halogens is 1. The molecule has 1 aromatic carbocycles. The van der Waals surface area contributed by atoms with Crippen molar-refractivity contribution in [1.29, 1.82) is 0 Å². The van der Waals surface area contributed by atoms with Crippen molar-refractivity contribution in [3.63, 3.8) is 0 Å². The Labute approximate surface area is 121 Å². The second-order valence-corrected chi connectivity index (χ2v) is 5.90. The van der Waals surface area contributed by atoms with E-state index in [-0.39, 0.29) is 0 Å². The summed E-state index contributed by atoms with van der Waals surface area (Å²) < 4.78 is 6.25. The van der Waals surface area contributed by atoms with Crippen LogP contribution >= 0.6 is 15.9 Å². The monoisotopic (exact) mass is 323 g/mol. The fraction of sp³-hybridized carbons (Fsp3) is 0.429. The van der Waals surface area contributed by atoms with Gasteiger partial charge in [-0.3, -0.25) is 0 Å². The van der Waals surface area contributed by atoms with E-state index in [0.717, 1.165) is 22.9 Å². The minimum absolute atomic E-state index is 0.568. The lowest BCUT2D eigenvalue weighted by Crippen LogP contribution is -2.36. The second kappa shape index (κ2) is 5.84. The summed E-state index contributed by atoms with van der Waals surface area (Å²) in [6.07, 6.45) is 2.45. The Bertz CT molecular complexity index is 534. The lowest BCUT2D eigenvalue weighted by atomic mass is 9.93. The quantitative estimate of drug-likeness (QED) is 0.917. The Morgan fingerprint density at radius 3 is 2.63 bits per heavy atom. The number of hydrogen-bond donors (Lipinski definition) is 1. The van der Waals surface area contributed by atoms with Gasteiger partial charge in [-0.15, -0.1) is 0 Å². The van der Waals surface area contributed by atoms with E-state index in [1.54, 1.807) is 0 Å². The number of nitrogens with two attached hydrogens (primary N) is 1. The number of nitrogens with zero attached hydrogens (tertiary/aromatic N) is 2. The van der Waals surface area contributed by atoms with Crippen molar-refractivity contribution in [2.45, 2.75) is 38.6 Å². The first-order chi connectivity index (χ1) is 9.01. The maximum Gasteiger partial charge on any atom is 0.226 e. The highest BCUT2D eigenvalue weighted by Gasteiger charge is 2.27. The third-order valence-electron chi connectivity index (χ3n) is 2.93. The molecule has 0 saturated carbocycles. The molecule has 2 N–H and O–H groups in total. The zero-order chi connectivity index (χ0) is 13.9. The SMILES string of the molecule is CCCc1nc(C(C)(N)Cc2ccc(Br)cc2)no1. The van der Waals surface area contributed by atoms with E-state index >= 15 is 0 Å². The van der Waals surface area contributed by atoms with Crippen LogP contribution < -0.4 is 5.73 Å². The number of benzene rings is 1. The Hall–Kier alpha value is -1.20. The van der Waals surface area contributed by atoms with E-state index in [0.29, 0.717) is 18.1 Å². The van der Waals surface area contributed by atoms with Gasteiger partial charge in [-0.2, -0.15) is 4.98 Å². The minimum Gasteiger partial charge on any atom is -0.339 e. The van der Waals surface area contributed by atoms with Crippen LogP contribution in [0.15, 0.2) is 33.3 Å². The summed E-state index contributed by atoms with van der Waals surface area (Å²) in [5, 5.41) is 4.00. The van der Waals surface area contributed by atoms with Gasteiger partial charge in [0, 0.05) is 10.9 Å². The van der Waals surface area contributed by atoms with Crippen LogP contribution in [0.4, 0.5) is 0 Å². The molecule has 0 aliphatic carbocycles. The van der Waals surface area contributed by atoms with E-state index < -0.39 is 5.54 Å². The summed E-state index contributed by atoms with van der Waals surface area (Å²) in [4.78, 5) is 4.37. The van der Waals surface area contributed by atoms with E-state index in [2.05, 4.69) is 33.0 Å². The number of hydrogen-bond acceptors (Lipinski definition) is 4. The highest BCUT2D eigenvalue weighted by atomic mass is 79.9. The predicted molar refractivity (Wildman–Crippen MR) is 77.7 cm³/mol. The van der Waals surface area contributed by atoms with Crippen molar-refractivity contribution >= 4 is 15.9 Å². The maximum absolute atomic E-state index is 6.32. The molecule has 102 valence electrons. The van der Waals surface area contributed by atoms with Crippen LogP contribution in [0.2, 0.25) is 0 Å². The van der Waals surface area contributed by atoms with Gasteiger partial charge >= 0.3 is 0 Å². The van der Waals surface area contributed by atoms with E-state index in [1.165, 1.54) is 0 Å². The molecular formula is C14H18BrN3O. The highest BCUT2D eigenvalue weighted by Crippen LogP contribution is 2.21. The van der Waals surface area contributed by atoms with Gasteiger partial charge in [-0.1, -0.05) is 40.1 Å². The van der Waals surface area contributed by atoms with Gasteiger partial charge in [0.15, 0.2) is 5.82 Å². The predicted octanol–water partition coefficient (Wildman–Crippen LogP) is 3.20. The summed E-state index contributed by atoms with van der Waals surface area (Å²) in [5.74, 6) is 1.23. The van der Waals surface area contributed by atoms with Crippen molar-refractivity contribution in [3.05, 3.63) is 46.0 Å². The molecular weight excluding hydrogens is 306 g/mol. The van der Waals surface area contributed by atoms with Crippen molar-refractivity contribution in [3.8, 4) is 0 Å². The van der Waals surface area contributed by atoms with Crippen molar-refractivity contribution in [2.24, 2.45) is 5.73 Å². The standard InChI is InChI=1S/C14H18BrN3O/c1-3-4-12-17-13(18-19-12)14(2,16)9-10-5-7-11(15)8-6-10/h5-8H,3-4,9,16H2,1-2H3. The third kappa shape index (κ3) is 3.64. The van der Waals surface area contributed by atoms with Gasteiger partial charge in [0.05, 0.1) is 5.54 Å². The topological polar surface area (TPSA) is 64.9 Å². The Balaban J connectivity index is 2.14. The van der Waals surface area contributed by atoms with Crippen LogP contribution in [-0.4, -0.2) is 10.1 Å². The molecule has 0 amide bonds. The Morgan fingerprint density at radius 2 is 2.00 bits per heavy atom. The summed E-state index contributed by atoms with van der Waals surface area (Å²) in [6, 6.07) is 8.10. The molecule has 0 radical (unpaired) electrons. The first-order valence-electron chi connectivity index (χ1n) is 6.37. The summed E-state index contributed by atoms with van der Waals surface area (Å²) in [7, 11) is 0. The largest absolute Gasteiger partial charge is 0.339 e. The van der Waals surface area contributed by atoms with Gasteiger partial charge in [0.2, 0.25) is 5.89 Å². The van der Waals surface area contributed by atoms with Crippen LogP contribution in [0.5, 0.6) is 0 Å². The maximum atomic E-state index is 6.32. The summed E-state index contributed by atoms with van der Waals surface area (Å²) in [6.45, 7) is 4.00. The molecule has 19 heavy (non-hydrogen) atoms. The minimum atomic E-state index is -0.622. The number of aryl methyl sites for hydroxylation is 1. The molecule has 1 heterocycles. The lowest BCUT2D eigenvalue weighted by molar-refractivity contribution is 0.353. The van der Waals surface area contributed by atoms with E-state index in [9.17, 15) is 0 Å². The van der Waals surface area contributed by atoms with Crippen LogP contribution in [0, 0.1) is 0 Å². The molecule has 0 saturated heterocycles. The second-order valence-electron chi connectivity index (χ2n) is 4.98. The van der Waals surface area contributed by atoms with E-state index in [4.69, 9.17) is 10.3 Å². The molecule has 1 unspecified atom stereocenters. The summed E-state index contributed by atoms with van der Waals surface area (Å²) in [5.41, 5.74) is 6.85. The average molecular weight is 324 g/mol. The fourth-order valence-electron chi connectivity index (χ4n) is 1.91. The molecule has 4 nitrogen and oxygen atoms in total. The van der Waals surface area contributed by atoms with E-state index in [1.807, 2.05) is 31.2 Å². The van der Waals surface area contributed by atoms with Gasteiger partial charge in [-0.25, -0.2) is 0 Å². The van der Waals surface area contributed by atoms with Crippen LogP contribution in [-0.2, 0) is 18.4 Å². The van der Waals surface area contributed by atoms with Gasteiger partial charge in [-0.05, 0) is 37.5 Å². The number of aromatic nitrogens is 2.